The Balaban J connectivity index is 1.46. The van der Waals surface area contributed by atoms with E-state index in [-0.39, 0.29) is 0 Å². The molecule has 25 heavy (non-hydrogen) atoms. The fourth-order valence-corrected chi connectivity index (χ4v) is 3.77. The summed E-state index contributed by atoms with van der Waals surface area (Å²) >= 11 is 0. The van der Waals surface area contributed by atoms with Gasteiger partial charge in [-0.2, -0.15) is 5.10 Å². The normalized spacial score (nSPS) is 17.2. The molecule has 1 saturated heterocycles. The number of carbonyl (C=O) groups excluding carboxylic acids is 1. The van der Waals surface area contributed by atoms with Crippen LogP contribution in [0.2, 0.25) is 0 Å². The minimum Gasteiger partial charge on any atom is -0.340 e. The van der Waals surface area contributed by atoms with Crippen molar-refractivity contribution in [1.29, 1.82) is 0 Å². The van der Waals surface area contributed by atoms with Gasteiger partial charge in [-0.05, 0) is 69.7 Å². The molecule has 1 aliphatic heterocycles. The number of pyridine rings is 1. The summed E-state index contributed by atoms with van der Waals surface area (Å²) in [5.41, 5.74) is 3.51. The van der Waals surface area contributed by atoms with Crippen LogP contribution >= 0.6 is 0 Å². The summed E-state index contributed by atoms with van der Waals surface area (Å²) in [6, 6.07) is 6.61. The molecule has 2 aromatic rings. The van der Waals surface area contributed by atoms with E-state index in [1.165, 1.54) is 11.3 Å². The van der Waals surface area contributed by atoms with E-state index >= 15 is 0 Å². The molecule has 1 amide bonds. The lowest BCUT2D eigenvalue weighted by Crippen LogP contribution is -2.35. The maximum Gasteiger partial charge on any atom is 0.222 e. The van der Waals surface area contributed by atoms with Crippen molar-refractivity contribution >= 4 is 5.91 Å². The van der Waals surface area contributed by atoms with Crippen LogP contribution in [0.3, 0.4) is 0 Å². The maximum atomic E-state index is 12.6. The Labute approximate surface area is 150 Å². The van der Waals surface area contributed by atoms with Gasteiger partial charge in [0.05, 0.1) is 5.69 Å². The summed E-state index contributed by atoms with van der Waals surface area (Å²) in [5, 5.41) is 4.47. The molecule has 0 aliphatic carbocycles. The maximum absolute atomic E-state index is 12.6. The predicted octanol–water partition coefficient (Wildman–Crippen LogP) is 3.30. The highest BCUT2D eigenvalue weighted by Crippen LogP contribution is 2.23. The van der Waals surface area contributed by atoms with Gasteiger partial charge in [-0.25, -0.2) is 0 Å². The summed E-state index contributed by atoms with van der Waals surface area (Å²) in [6.45, 7) is 5.81. The van der Waals surface area contributed by atoms with Crippen LogP contribution in [0.5, 0.6) is 0 Å². The Hall–Kier alpha value is -2.17. The lowest BCUT2D eigenvalue weighted by atomic mass is 10.0. The van der Waals surface area contributed by atoms with E-state index in [9.17, 15) is 4.79 Å². The molecule has 0 aromatic carbocycles. The van der Waals surface area contributed by atoms with E-state index in [0.717, 1.165) is 50.9 Å². The fourth-order valence-electron chi connectivity index (χ4n) is 3.77. The molecule has 1 unspecified atom stereocenters. The van der Waals surface area contributed by atoms with E-state index in [1.54, 1.807) is 0 Å². The predicted molar refractivity (Wildman–Crippen MR) is 98.2 cm³/mol. The summed E-state index contributed by atoms with van der Waals surface area (Å²) in [4.78, 5) is 18.8. The molecule has 1 atom stereocenters. The summed E-state index contributed by atoms with van der Waals surface area (Å²) in [7, 11) is 0. The van der Waals surface area contributed by atoms with Crippen LogP contribution in [0, 0.1) is 13.8 Å². The SMILES string of the molecule is Cc1cc(C)n(CCCC(=O)N2CCCC2CCc2ccncc2)n1. The highest BCUT2D eigenvalue weighted by molar-refractivity contribution is 5.76. The minimum absolute atomic E-state index is 0.304. The molecular formula is C20H28N4O. The molecule has 3 rings (SSSR count). The average molecular weight is 340 g/mol. The van der Waals surface area contributed by atoms with E-state index < -0.39 is 0 Å². The molecule has 1 aliphatic rings. The second-order valence-electron chi connectivity index (χ2n) is 7.03. The first-order valence-corrected chi connectivity index (χ1v) is 9.33. The molecule has 3 heterocycles. The van der Waals surface area contributed by atoms with Crippen molar-refractivity contribution in [2.24, 2.45) is 0 Å². The second kappa shape index (κ2) is 8.28. The van der Waals surface area contributed by atoms with Crippen LogP contribution in [0.15, 0.2) is 30.6 Å². The number of carbonyl (C=O) groups is 1. The third kappa shape index (κ3) is 4.68. The van der Waals surface area contributed by atoms with Gasteiger partial charge >= 0.3 is 0 Å². The van der Waals surface area contributed by atoms with E-state index in [4.69, 9.17) is 0 Å². The summed E-state index contributed by atoms with van der Waals surface area (Å²) < 4.78 is 2.01. The molecule has 0 radical (unpaired) electrons. The molecule has 5 heteroatoms. The second-order valence-corrected chi connectivity index (χ2v) is 7.03. The zero-order valence-corrected chi connectivity index (χ0v) is 15.3. The topological polar surface area (TPSA) is 51.0 Å². The number of hydrogen-bond acceptors (Lipinski definition) is 3. The van der Waals surface area contributed by atoms with Crippen molar-refractivity contribution in [3.63, 3.8) is 0 Å². The molecule has 0 spiro atoms. The molecule has 134 valence electrons. The first-order valence-electron chi connectivity index (χ1n) is 9.33. The van der Waals surface area contributed by atoms with Crippen molar-refractivity contribution in [3.05, 3.63) is 47.5 Å². The molecule has 2 aromatic heterocycles. The van der Waals surface area contributed by atoms with E-state index in [1.807, 2.05) is 24.0 Å². The molecule has 0 saturated carbocycles. The number of amides is 1. The standard InChI is InChI=1S/C20H28N4O/c1-16-15-17(2)24(22-16)14-4-6-20(25)23-13-3-5-19(23)8-7-18-9-11-21-12-10-18/h9-12,15,19H,3-8,13-14H2,1-2H3. The van der Waals surface area contributed by atoms with Crippen LogP contribution in [0.25, 0.3) is 0 Å². The quantitative estimate of drug-likeness (QED) is 0.777. The van der Waals surface area contributed by atoms with Gasteiger partial charge in [0.1, 0.15) is 0 Å². The Kier molecular flexibility index (Phi) is 5.84. The minimum atomic E-state index is 0.304. The number of hydrogen-bond donors (Lipinski definition) is 0. The van der Waals surface area contributed by atoms with E-state index in [2.05, 4.69) is 40.1 Å². The zero-order valence-electron chi connectivity index (χ0n) is 15.3. The van der Waals surface area contributed by atoms with Gasteiger partial charge in [0.2, 0.25) is 5.91 Å². The van der Waals surface area contributed by atoms with Crippen molar-refractivity contribution in [2.45, 2.75) is 65.0 Å². The van der Waals surface area contributed by atoms with Gasteiger partial charge in [0.25, 0.3) is 0 Å². The number of nitrogens with zero attached hydrogens (tertiary/aromatic N) is 4. The smallest absolute Gasteiger partial charge is 0.222 e. The first kappa shape index (κ1) is 17.6. The highest BCUT2D eigenvalue weighted by atomic mass is 16.2. The Morgan fingerprint density at radius 1 is 1.28 bits per heavy atom. The molecular weight excluding hydrogens is 312 g/mol. The molecule has 5 nitrogen and oxygen atoms in total. The largest absolute Gasteiger partial charge is 0.340 e. The third-order valence-electron chi connectivity index (χ3n) is 5.08. The Morgan fingerprint density at radius 3 is 2.80 bits per heavy atom. The van der Waals surface area contributed by atoms with Gasteiger partial charge in [-0.15, -0.1) is 0 Å². The van der Waals surface area contributed by atoms with Crippen LogP contribution in [0.1, 0.15) is 49.1 Å². The van der Waals surface area contributed by atoms with Gasteiger partial charge in [-0.1, -0.05) is 0 Å². The van der Waals surface area contributed by atoms with Crippen molar-refractivity contribution in [3.8, 4) is 0 Å². The first-order chi connectivity index (χ1) is 12.1. The Bertz CT molecular complexity index is 695. The lowest BCUT2D eigenvalue weighted by Gasteiger charge is -2.25. The highest BCUT2D eigenvalue weighted by Gasteiger charge is 2.27. The number of aryl methyl sites for hydroxylation is 4. The molecule has 1 fully saturated rings. The zero-order chi connectivity index (χ0) is 17.6. The van der Waals surface area contributed by atoms with Crippen LogP contribution in [-0.2, 0) is 17.8 Å². The van der Waals surface area contributed by atoms with E-state index in [0.29, 0.717) is 18.4 Å². The third-order valence-corrected chi connectivity index (χ3v) is 5.08. The van der Waals surface area contributed by atoms with Crippen LogP contribution in [-0.4, -0.2) is 38.2 Å². The number of aromatic nitrogens is 3. The monoisotopic (exact) mass is 340 g/mol. The van der Waals surface area contributed by atoms with Crippen molar-refractivity contribution in [2.75, 3.05) is 6.54 Å². The number of likely N-dealkylation sites (tertiary alicyclic amines) is 1. The fraction of sp³-hybridized carbons (Fsp3) is 0.550. The Morgan fingerprint density at radius 2 is 2.08 bits per heavy atom. The van der Waals surface area contributed by atoms with Crippen LogP contribution < -0.4 is 0 Å². The molecule has 0 bridgehead atoms. The summed E-state index contributed by atoms with van der Waals surface area (Å²) in [6.07, 6.45) is 9.48. The van der Waals surface area contributed by atoms with Gasteiger partial charge in [0.15, 0.2) is 0 Å². The van der Waals surface area contributed by atoms with Crippen molar-refractivity contribution < 1.29 is 4.79 Å². The number of rotatable bonds is 7. The van der Waals surface area contributed by atoms with Crippen LogP contribution in [0.4, 0.5) is 0 Å². The van der Waals surface area contributed by atoms with Gasteiger partial charge < -0.3 is 4.90 Å². The van der Waals surface area contributed by atoms with Gasteiger partial charge in [-0.3, -0.25) is 14.5 Å². The lowest BCUT2D eigenvalue weighted by molar-refractivity contribution is -0.132. The van der Waals surface area contributed by atoms with Gasteiger partial charge in [0, 0.05) is 43.6 Å². The van der Waals surface area contributed by atoms with Crippen molar-refractivity contribution in [1.82, 2.24) is 19.7 Å². The molecule has 0 N–H and O–H groups in total. The average Bonchev–Trinajstić information content (AvgIpc) is 3.20. The summed E-state index contributed by atoms with van der Waals surface area (Å²) in [5.74, 6) is 0.304.